The highest BCUT2D eigenvalue weighted by molar-refractivity contribution is 6.30. The molecule has 1 atom stereocenters. The Morgan fingerprint density at radius 1 is 1.28 bits per heavy atom. The van der Waals surface area contributed by atoms with E-state index in [9.17, 15) is 4.79 Å². The lowest BCUT2D eigenvalue weighted by molar-refractivity contribution is 0.0708. The highest BCUT2D eigenvalue weighted by Crippen LogP contribution is 2.18. The van der Waals surface area contributed by atoms with Gasteiger partial charge in [-0.1, -0.05) is 29.8 Å². The van der Waals surface area contributed by atoms with Crippen LogP contribution in [0.5, 0.6) is 5.75 Å². The average Bonchev–Trinajstić information content (AvgIpc) is 2.61. The third-order valence-corrected chi connectivity index (χ3v) is 4.31. The van der Waals surface area contributed by atoms with Crippen molar-refractivity contribution in [3.05, 3.63) is 64.7 Å². The molecule has 6 heteroatoms. The number of hydrogen-bond acceptors (Lipinski definition) is 3. The van der Waals surface area contributed by atoms with Crippen molar-refractivity contribution in [1.29, 1.82) is 0 Å². The predicted molar refractivity (Wildman–Crippen MR) is 103 cm³/mol. The molecule has 1 heterocycles. The molecule has 4 nitrogen and oxygen atoms in total. The molecule has 0 aliphatic carbocycles. The second-order valence-corrected chi connectivity index (χ2v) is 6.49. The molecule has 1 fully saturated rings. The summed E-state index contributed by atoms with van der Waals surface area (Å²) in [7, 11) is 0. The largest absolute Gasteiger partial charge is 0.489 e. The maximum Gasteiger partial charge on any atom is 0.254 e. The molecule has 2 aromatic rings. The fraction of sp³-hybridized carbons (Fsp3) is 0.316. The van der Waals surface area contributed by atoms with Gasteiger partial charge in [0.2, 0.25) is 0 Å². The van der Waals surface area contributed by atoms with E-state index in [-0.39, 0.29) is 18.3 Å². The van der Waals surface area contributed by atoms with Gasteiger partial charge >= 0.3 is 0 Å². The van der Waals surface area contributed by atoms with Crippen LogP contribution in [0.25, 0.3) is 0 Å². The van der Waals surface area contributed by atoms with Gasteiger partial charge in [-0.15, -0.1) is 12.4 Å². The molecule has 0 radical (unpaired) electrons. The third kappa shape index (κ3) is 5.36. The Morgan fingerprint density at radius 2 is 2.04 bits per heavy atom. The van der Waals surface area contributed by atoms with Crippen molar-refractivity contribution in [2.24, 2.45) is 0 Å². The molecule has 1 aliphatic rings. The number of benzene rings is 2. The molecule has 1 amide bonds. The third-order valence-electron chi connectivity index (χ3n) is 4.06. The average molecular weight is 381 g/mol. The molecule has 1 aliphatic heterocycles. The zero-order chi connectivity index (χ0) is 16.9. The molecule has 0 bridgehead atoms. The van der Waals surface area contributed by atoms with E-state index in [1.165, 1.54) is 0 Å². The number of hydrogen-bond donors (Lipinski definition) is 1. The summed E-state index contributed by atoms with van der Waals surface area (Å²) in [5, 5.41) is 4.05. The minimum absolute atomic E-state index is 0. The Morgan fingerprint density at radius 3 is 2.76 bits per heavy atom. The number of carbonyl (C=O) groups excluding carboxylic acids is 1. The van der Waals surface area contributed by atoms with Gasteiger partial charge in [-0.3, -0.25) is 4.79 Å². The zero-order valence-corrected chi connectivity index (χ0v) is 15.6. The molecule has 1 unspecified atom stereocenters. The Labute approximate surface area is 159 Å². The maximum absolute atomic E-state index is 12.6. The van der Waals surface area contributed by atoms with Crippen molar-refractivity contribution in [2.75, 3.05) is 19.6 Å². The van der Waals surface area contributed by atoms with E-state index in [2.05, 4.69) is 12.2 Å². The molecule has 25 heavy (non-hydrogen) atoms. The normalized spacial score (nSPS) is 16.9. The minimum atomic E-state index is 0. The summed E-state index contributed by atoms with van der Waals surface area (Å²) in [6.07, 6.45) is 0. The van der Waals surface area contributed by atoms with Gasteiger partial charge in [0.1, 0.15) is 12.4 Å². The summed E-state index contributed by atoms with van der Waals surface area (Å²) >= 11 is 5.88. The smallest absolute Gasteiger partial charge is 0.254 e. The standard InChI is InChI=1S/C19H21ClN2O2.ClH/c1-14-12-22(10-9-21-14)19(23)16-3-2-4-18(11-16)24-13-15-5-7-17(20)8-6-15;/h2-8,11,14,21H,9-10,12-13H2,1H3;1H. The SMILES string of the molecule is CC1CN(C(=O)c2cccc(OCc3ccc(Cl)cc3)c2)CCN1.Cl. The lowest BCUT2D eigenvalue weighted by atomic mass is 10.1. The summed E-state index contributed by atoms with van der Waals surface area (Å²) in [6.45, 7) is 4.83. The maximum atomic E-state index is 12.6. The van der Waals surface area contributed by atoms with E-state index in [1.807, 2.05) is 53.4 Å². The van der Waals surface area contributed by atoms with Crippen LogP contribution in [0.4, 0.5) is 0 Å². The zero-order valence-electron chi connectivity index (χ0n) is 14.1. The molecule has 1 saturated heterocycles. The van der Waals surface area contributed by atoms with Gasteiger partial charge in [0, 0.05) is 36.3 Å². The number of halogens is 2. The summed E-state index contributed by atoms with van der Waals surface area (Å²) in [5.41, 5.74) is 1.70. The lowest BCUT2D eigenvalue weighted by Gasteiger charge is -2.32. The van der Waals surface area contributed by atoms with Crippen LogP contribution in [0.3, 0.4) is 0 Å². The summed E-state index contributed by atoms with van der Waals surface area (Å²) < 4.78 is 5.81. The van der Waals surface area contributed by atoms with Crippen molar-refractivity contribution >= 4 is 29.9 Å². The number of rotatable bonds is 4. The number of nitrogens with one attached hydrogen (secondary N) is 1. The molecular weight excluding hydrogens is 359 g/mol. The van der Waals surface area contributed by atoms with Crippen LogP contribution in [-0.2, 0) is 6.61 Å². The van der Waals surface area contributed by atoms with Gasteiger partial charge in [0.25, 0.3) is 5.91 Å². The fourth-order valence-corrected chi connectivity index (χ4v) is 2.89. The van der Waals surface area contributed by atoms with Crippen molar-refractivity contribution in [3.63, 3.8) is 0 Å². The van der Waals surface area contributed by atoms with Crippen molar-refractivity contribution in [1.82, 2.24) is 10.2 Å². The number of amides is 1. The first-order chi connectivity index (χ1) is 11.6. The number of nitrogens with zero attached hydrogens (tertiary/aromatic N) is 1. The Balaban J connectivity index is 0.00000225. The van der Waals surface area contributed by atoms with Gasteiger partial charge in [0.05, 0.1) is 0 Å². The highest BCUT2D eigenvalue weighted by Gasteiger charge is 2.21. The summed E-state index contributed by atoms with van der Waals surface area (Å²) in [5.74, 6) is 0.749. The van der Waals surface area contributed by atoms with E-state index in [0.29, 0.717) is 29.0 Å². The number of carbonyl (C=O) groups is 1. The van der Waals surface area contributed by atoms with Crippen molar-refractivity contribution < 1.29 is 9.53 Å². The minimum Gasteiger partial charge on any atom is -0.489 e. The van der Waals surface area contributed by atoms with E-state index in [4.69, 9.17) is 16.3 Å². The van der Waals surface area contributed by atoms with E-state index >= 15 is 0 Å². The van der Waals surface area contributed by atoms with Gasteiger partial charge in [-0.2, -0.15) is 0 Å². The molecule has 1 N–H and O–H groups in total. The summed E-state index contributed by atoms with van der Waals surface area (Å²) in [4.78, 5) is 14.5. The fourth-order valence-electron chi connectivity index (χ4n) is 2.77. The predicted octanol–water partition coefficient (Wildman–Crippen LogP) is 3.77. The number of ether oxygens (including phenoxy) is 1. The Hall–Kier alpha value is -1.75. The van der Waals surface area contributed by atoms with Crippen LogP contribution in [0.2, 0.25) is 5.02 Å². The molecule has 0 saturated carbocycles. The highest BCUT2D eigenvalue weighted by atomic mass is 35.5. The van der Waals surface area contributed by atoms with Crippen LogP contribution in [0.15, 0.2) is 48.5 Å². The van der Waals surface area contributed by atoms with E-state index in [0.717, 1.165) is 25.2 Å². The first kappa shape index (κ1) is 19.6. The summed E-state index contributed by atoms with van der Waals surface area (Å²) in [6, 6.07) is 15.2. The molecule has 0 aromatic heterocycles. The quantitative estimate of drug-likeness (QED) is 0.877. The van der Waals surface area contributed by atoms with Gasteiger partial charge < -0.3 is 15.0 Å². The van der Waals surface area contributed by atoms with Crippen molar-refractivity contribution in [3.8, 4) is 5.75 Å². The second kappa shape index (κ2) is 9.09. The van der Waals surface area contributed by atoms with Gasteiger partial charge in [0.15, 0.2) is 0 Å². The van der Waals surface area contributed by atoms with Gasteiger partial charge in [-0.05, 0) is 42.8 Å². The molecule has 0 spiro atoms. The first-order valence-corrected chi connectivity index (χ1v) is 8.49. The van der Waals surface area contributed by atoms with Crippen LogP contribution in [0, 0.1) is 0 Å². The van der Waals surface area contributed by atoms with E-state index < -0.39 is 0 Å². The Kier molecular flexibility index (Phi) is 7.12. The van der Waals surface area contributed by atoms with Crippen LogP contribution < -0.4 is 10.1 Å². The number of piperazine rings is 1. The van der Waals surface area contributed by atoms with E-state index in [1.54, 1.807) is 0 Å². The van der Waals surface area contributed by atoms with Crippen LogP contribution in [0.1, 0.15) is 22.8 Å². The molecule has 134 valence electrons. The molecule has 2 aromatic carbocycles. The first-order valence-electron chi connectivity index (χ1n) is 8.12. The van der Waals surface area contributed by atoms with Gasteiger partial charge in [-0.25, -0.2) is 0 Å². The van der Waals surface area contributed by atoms with Crippen molar-refractivity contribution in [2.45, 2.75) is 19.6 Å². The Bertz CT molecular complexity index is 707. The topological polar surface area (TPSA) is 41.6 Å². The monoisotopic (exact) mass is 380 g/mol. The van der Waals surface area contributed by atoms with Crippen LogP contribution in [-0.4, -0.2) is 36.5 Å². The van der Waals surface area contributed by atoms with Crippen LogP contribution >= 0.6 is 24.0 Å². The lowest BCUT2D eigenvalue weighted by Crippen LogP contribution is -2.51. The molecular formula is C19H22Cl2N2O2. The molecule has 3 rings (SSSR count). The second-order valence-electron chi connectivity index (χ2n) is 6.05.